The van der Waals surface area contributed by atoms with Crippen LogP contribution in [0.1, 0.15) is 29.8 Å². The highest BCUT2D eigenvalue weighted by atomic mass is 16.5. The van der Waals surface area contributed by atoms with Gasteiger partial charge >= 0.3 is 0 Å². The Labute approximate surface area is 107 Å². The molecule has 4 heteroatoms. The van der Waals surface area contributed by atoms with Crippen molar-refractivity contribution in [1.82, 2.24) is 4.90 Å². The molecule has 1 aliphatic rings. The standard InChI is InChI=1S/C14H16N2O2/c1-10-9-18-11(2)8-16(10)14(17)13-5-3-4-12(6-13)7-15/h3-6,10-11H,8-9H2,1-2H3/t10-,11-/m0/s1. The summed E-state index contributed by atoms with van der Waals surface area (Å²) in [7, 11) is 0. The fourth-order valence-corrected chi connectivity index (χ4v) is 2.07. The molecule has 1 fully saturated rings. The zero-order valence-electron chi connectivity index (χ0n) is 10.6. The van der Waals surface area contributed by atoms with E-state index in [1.165, 1.54) is 0 Å². The quantitative estimate of drug-likeness (QED) is 0.757. The molecule has 1 heterocycles. The van der Waals surface area contributed by atoms with E-state index < -0.39 is 0 Å². The average Bonchev–Trinajstić information content (AvgIpc) is 2.41. The second-order valence-electron chi connectivity index (χ2n) is 4.64. The van der Waals surface area contributed by atoms with Crippen LogP contribution in [0.2, 0.25) is 0 Å². The Morgan fingerprint density at radius 3 is 3.00 bits per heavy atom. The van der Waals surface area contributed by atoms with Gasteiger partial charge < -0.3 is 9.64 Å². The van der Waals surface area contributed by atoms with E-state index in [0.29, 0.717) is 24.3 Å². The molecule has 94 valence electrons. The Kier molecular flexibility index (Phi) is 3.63. The van der Waals surface area contributed by atoms with Crippen LogP contribution in [0.25, 0.3) is 0 Å². The van der Waals surface area contributed by atoms with Gasteiger partial charge in [-0.1, -0.05) is 6.07 Å². The third kappa shape index (κ3) is 2.52. The van der Waals surface area contributed by atoms with E-state index in [1.54, 1.807) is 24.3 Å². The van der Waals surface area contributed by atoms with E-state index in [2.05, 4.69) is 0 Å². The lowest BCUT2D eigenvalue weighted by molar-refractivity contribution is -0.0387. The van der Waals surface area contributed by atoms with Gasteiger partial charge in [-0.05, 0) is 32.0 Å². The molecule has 0 N–H and O–H groups in total. The van der Waals surface area contributed by atoms with E-state index in [0.717, 1.165) is 0 Å². The van der Waals surface area contributed by atoms with Crippen molar-refractivity contribution in [3.63, 3.8) is 0 Å². The summed E-state index contributed by atoms with van der Waals surface area (Å²) in [5.74, 6) is -0.0326. The maximum atomic E-state index is 12.4. The molecular formula is C14H16N2O2. The molecule has 0 radical (unpaired) electrons. The lowest BCUT2D eigenvalue weighted by Crippen LogP contribution is -2.50. The van der Waals surface area contributed by atoms with Gasteiger partial charge in [0.2, 0.25) is 0 Å². The van der Waals surface area contributed by atoms with Gasteiger partial charge in [-0.15, -0.1) is 0 Å². The van der Waals surface area contributed by atoms with Crippen molar-refractivity contribution in [3.8, 4) is 6.07 Å². The molecule has 0 saturated carbocycles. The van der Waals surface area contributed by atoms with Crippen LogP contribution in [0.4, 0.5) is 0 Å². The number of rotatable bonds is 1. The fourth-order valence-electron chi connectivity index (χ4n) is 2.07. The van der Waals surface area contributed by atoms with Gasteiger partial charge in [-0.25, -0.2) is 0 Å². The lowest BCUT2D eigenvalue weighted by Gasteiger charge is -2.36. The minimum absolute atomic E-state index is 0.0326. The van der Waals surface area contributed by atoms with Gasteiger partial charge in [0.1, 0.15) is 0 Å². The number of hydrogen-bond acceptors (Lipinski definition) is 3. The van der Waals surface area contributed by atoms with Crippen LogP contribution in [0.5, 0.6) is 0 Å². The maximum absolute atomic E-state index is 12.4. The molecule has 1 aliphatic heterocycles. The highest BCUT2D eigenvalue weighted by Gasteiger charge is 2.28. The van der Waals surface area contributed by atoms with E-state index in [-0.39, 0.29) is 18.1 Å². The molecule has 1 amide bonds. The number of hydrogen-bond donors (Lipinski definition) is 0. The van der Waals surface area contributed by atoms with E-state index in [4.69, 9.17) is 10.00 Å². The summed E-state index contributed by atoms with van der Waals surface area (Å²) in [6.07, 6.45) is 0.0595. The first-order valence-electron chi connectivity index (χ1n) is 6.04. The van der Waals surface area contributed by atoms with Crippen LogP contribution in [-0.2, 0) is 4.74 Å². The SMILES string of the molecule is C[C@H]1CN(C(=O)c2cccc(C#N)c2)[C@@H](C)CO1. The smallest absolute Gasteiger partial charge is 0.254 e. The first-order valence-corrected chi connectivity index (χ1v) is 6.04. The number of amides is 1. The minimum Gasteiger partial charge on any atom is -0.375 e. The van der Waals surface area contributed by atoms with Crippen LogP contribution < -0.4 is 0 Å². The maximum Gasteiger partial charge on any atom is 0.254 e. The van der Waals surface area contributed by atoms with E-state index in [9.17, 15) is 4.79 Å². The minimum atomic E-state index is -0.0326. The number of carbonyl (C=O) groups excluding carboxylic acids is 1. The third-order valence-electron chi connectivity index (χ3n) is 3.11. The zero-order chi connectivity index (χ0) is 13.1. The number of nitriles is 1. The number of ether oxygens (including phenoxy) is 1. The highest BCUT2D eigenvalue weighted by molar-refractivity contribution is 5.94. The predicted octanol–water partition coefficient (Wildman–Crippen LogP) is 1.81. The van der Waals surface area contributed by atoms with Crippen LogP contribution in [0.15, 0.2) is 24.3 Å². The number of morpholine rings is 1. The van der Waals surface area contributed by atoms with Crippen LogP contribution >= 0.6 is 0 Å². The summed E-state index contributed by atoms with van der Waals surface area (Å²) in [5, 5.41) is 8.85. The molecule has 1 aromatic rings. The van der Waals surface area contributed by atoms with Gasteiger partial charge in [0, 0.05) is 12.1 Å². The Morgan fingerprint density at radius 2 is 2.28 bits per heavy atom. The Morgan fingerprint density at radius 1 is 1.50 bits per heavy atom. The first kappa shape index (κ1) is 12.6. The second kappa shape index (κ2) is 5.19. The highest BCUT2D eigenvalue weighted by Crippen LogP contribution is 2.16. The monoisotopic (exact) mass is 244 g/mol. The lowest BCUT2D eigenvalue weighted by atomic mass is 10.1. The zero-order valence-corrected chi connectivity index (χ0v) is 10.6. The van der Waals surface area contributed by atoms with E-state index in [1.807, 2.05) is 24.8 Å². The van der Waals surface area contributed by atoms with Crippen molar-refractivity contribution >= 4 is 5.91 Å². The van der Waals surface area contributed by atoms with Crippen molar-refractivity contribution < 1.29 is 9.53 Å². The summed E-state index contributed by atoms with van der Waals surface area (Å²) in [5.41, 5.74) is 1.07. The van der Waals surface area contributed by atoms with Gasteiger partial charge in [-0.2, -0.15) is 5.26 Å². The largest absolute Gasteiger partial charge is 0.375 e. The van der Waals surface area contributed by atoms with Gasteiger partial charge in [-0.3, -0.25) is 4.79 Å². The van der Waals surface area contributed by atoms with Crippen LogP contribution in [0, 0.1) is 11.3 Å². The van der Waals surface area contributed by atoms with Gasteiger partial charge in [0.25, 0.3) is 5.91 Å². The average molecular weight is 244 g/mol. The Bertz CT molecular complexity index is 493. The molecule has 0 aliphatic carbocycles. The number of benzene rings is 1. The van der Waals surface area contributed by atoms with Crippen molar-refractivity contribution in [2.45, 2.75) is 26.0 Å². The fraction of sp³-hybridized carbons (Fsp3) is 0.429. The Balaban J connectivity index is 2.22. The number of carbonyl (C=O) groups is 1. The summed E-state index contributed by atoms with van der Waals surface area (Å²) in [4.78, 5) is 14.2. The van der Waals surface area contributed by atoms with Crippen molar-refractivity contribution in [1.29, 1.82) is 5.26 Å². The summed E-state index contributed by atoms with van der Waals surface area (Å²) in [6, 6.07) is 8.93. The van der Waals surface area contributed by atoms with Gasteiger partial charge in [0.05, 0.1) is 30.4 Å². The normalized spacial score (nSPS) is 23.5. The van der Waals surface area contributed by atoms with E-state index >= 15 is 0 Å². The molecular weight excluding hydrogens is 228 g/mol. The molecule has 18 heavy (non-hydrogen) atoms. The summed E-state index contributed by atoms with van der Waals surface area (Å²) in [6.45, 7) is 5.08. The van der Waals surface area contributed by atoms with Gasteiger partial charge in [0.15, 0.2) is 0 Å². The van der Waals surface area contributed by atoms with Crippen molar-refractivity contribution in [2.24, 2.45) is 0 Å². The first-order chi connectivity index (χ1) is 8.61. The summed E-state index contributed by atoms with van der Waals surface area (Å²) < 4.78 is 5.51. The Hall–Kier alpha value is -1.86. The van der Waals surface area contributed by atoms with Crippen molar-refractivity contribution in [3.05, 3.63) is 35.4 Å². The van der Waals surface area contributed by atoms with Crippen LogP contribution in [0.3, 0.4) is 0 Å². The molecule has 0 aromatic heterocycles. The molecule has 1 aromatic carbocycles. The summed E-state index contributed by atoms with van der Waals surface area (Å²) >= 11 is 0. The molecule has 0 bridgehead atoms. The third-order valence-corrected chi connectivity index (χ3v) is 3.11. The molecule has 1 saturated heterocycles. The predicted molar refractivity (Wildman–Crippen MR) is 67.1 cm³/mol. The molecule has 4 nitrogen and oxygen atoms in total. The van der Waals surface area contributed by atoms with Crippen LogP contribution in [-0.4, -0.2) is 36.1 Å². The molecule has 0 spiro atoms. The molecule has 2 atom stereocenters. The molecule has 2 rings (SSSR count). The second-order valence-corrected chi connectivity index (χ2v) is 4.64. The van der Waals surface area contributed by atoms with Crippen molar-refractivity contribution in [2.75, 3.05) is 13.2 Å². The number of nitrogens with zero attached hydrogens (tertiary/aromatic N) is 2. The topological polar surface area (TPSA) is 53.3 Å². The molecule has 0 unspecified atom stereocenters.